The molecule has 1 amide bonds. The van der Waals surface area contributed by atoms with Crippen molar-refractivity contribution in [2.45, 2.75) is 39.2 Å². The van der Waals surface area contributed by atoms with Gasteiger partial charge in [-0.15, -0.1) is 0 Å². The molecule has 0 bridgehead atoms. The van der Waals surface area contributed by atoms with Crippen LogP contribution in [0.3, 0.4) is 0 Å². The van der Waals surface area contributed by atoms with Crippen LogP contribution in [-0.2, 0) is 14.9 Å². The van der Waals surface area contributed by atoms with Crippen LogP contribution in [0.2, 0.25) is 0 Å². The summed E-state index contributed by atoms with van der Waals surface area (Å²) in [5.41, 5.74) is -0.747. The summed E-state index contributed by atoms with van der Waals surface area (Å²) in [6.07, 6.45) is 0.203. The van der Waals surface area contributed by atoms with Crippen LogP contribution in [0.1, 0.15) is 33.6 Å². The molecular formula is C11H22N2O5S. The van der Waals surface area contributed by atoms with E-state index in [0.717, 1.165) is 0 Å². The Balaban J connectivity index is 2.55. The van der Waals surface area contributed by atoms with Gasteiger partial charge in [0, 0.05) is 19.7 Å². The summed E-state index contributed by atoms with van der Waals surface area (Å²) < 4.78 is 31.9. The van der Waals surface area contributed by atoms with Crippen LogP contribution >= 0.6 is 0 Å². The van der Waals surface area contributed by atoms with Gasteiger partial charge in [0.05, 0.1) is 0 Å². The molecule has 1 aliphatic rings. The van der Waals surface area contributed by atoms with E-state index in [4.69, 9.17) is 9.84 Å². The predicted octanol–water partition coefficient (Wildman–Crippen LogP) is 0.460. The molecule has 0 aliphatic carbocycles. The van der Waals surface area contributed by atoms with E-state index >= 15 is 0 Å². The lowest BCUT2D eigenvalue weighted by Crippen LogP contribution is -2.48. The lowest BCUT2D eigenvalue weighted by Gasteiger charge is -2.30. The van der Waals surface area contributed by atoms with E-state index < -0.39 is 21.9 Å². The summed E-state index contributed by atoms with van der Waals surface area (Å²) in [6, 6.07) is 0. The summed E-state index contributed by atoms with van der Waals surface area (Å²) in [5.74, 6) is 0.132. The largest absolute Gasteiger partial charge is 0.443 e. The second-order valence-electron chi connectivity index (χ2n) is 5.63. The summed E-state index contributed by atoms with van der Waals surface area (Å²) in [4.78, 5) is 11.5. The molecule has 0 aromatic heterocycles. The van der Waals surface area contributed by atoms with Crippen molar-refractivity contribution < 1.29 is 23.1 Å². The first-order valence-corrected chi connectivity index (χ1v) is 7.70. The first-order valence-electron chi connectivity index (χ1n) is 6.26. The first-order chi connectivity index (χ1) is 8.64. The van der Waals surface area contributed by atoms with Crippen molar-refractivity contribution in [3.8, 4) is 0 Å². The van der Waals surface area contributed by atoms with Crippen molar-refractivity contribution >= 4 is 16.3 Å². The molecule has 1 saturated heterocycles. The molecule has 7 nitrogen and oxygen atoms in total. The Morgan fingerprint density at radius 2 is 1.89 bits per heavy atom. The van der Waals surface area contributed by atoms with Gasteiger partial charge >= 0.3 is 16.3 Å². The highest BCUT2D eigenvalue weighted by molar-refractivity contribution is 7.87. The van der Waals surface area contributed by atoms with Gasteiger partial charge in [-0.25, -0.2) is 9.52 Å². The van der Waals surface area contributed by atoms with Crippen LogP contribution in [0.15, 0.2) is 0 Å². The van der Waals surface area contributed by atoms with Crippen LogP contribution in [-0.4, -0.2) is 49.2 Å². The van der Waals surface area contributed by atoms with Crippen molar-refractivity contribution in [3.63, 3.8) is 0 Å². The maximum Gasteiger partial charge on any atom is 0.422 e. The van der Waals surface area contributed by atoms with E-state index in [2.05, 4.69) is 0 Å². The molecule has 0 aromatic carbocycles. The van der Waals surface area contributed by atoms with Crippen molar-refractivity contribution in [2.75, 3.05) is 19.7 Å². The standard InChI is InChI=1S/C11H22N2O5S/c1-11(2,3)18-10(15)12-19(16,17)13-6-4-9(8-14)5-7-13/h9,14H,4-8H2,1-3H3,(H,12,15). The van der Waals surface area contributed by atoms with Crippen molar-refractivity contribution in [2.24, 2.45) is 5.92 Å². The van der Waals surface area contributed by atoms with Gasteiger partial charge in [0.25, 0.3) is 0 Å². The Hall–Kier alpha value is -0.860. The van der Waals surface area contributed by atoms with Crippen molar-refractivity contribution in [1.29, 1.82) is 0 Å². The minimum atomic E-state index is -3.86. The number of amides is 1. The van der Waals surface area contributed by atoms with Crippen LogP contribution in [0.4, 0.5) is 4.79 Å². The zero-order valence-electron chi connectivity index (χ0n) is 11.5. The molecule has 0 spiro atoms. The normalized spacial score (nSPS) is 19.2. The Morgan fingerprint density at radius 1 is 1.37 bits per heavy atom. The number of carbonyl (C=O) groups excluding carboxylic acids is 1. The lowest BCUT2D eigenvalue weighted by atomic mass is 10.00. The number of nitrogens with zero attached hydrogens (tertiary/aromatic N) is 1. The smallest absolute Gasteiger partial charge is 0.422 e. The second-order valence-corrected chi connectivity index (χ2v) is 7.30. The van der Waals surface area contributed by atoms with Gasteiger partial charge in [-0.2, -0.15) is 12.7 Å². The number of piperidine rings is 1. The molecule has 19 heavy (non-hydrogen) atoms. The Labute approximate surface area is 114 Å². The number of rotatable bonds is 3. The highest BCUT2D eigenvalue weighted by Crippen LogP contribution is 2.18. The minimum Gasteiger partial charge on any atom is -0.443 e. The van der Waals surface area contributed by atoms with Gasteiger partial charge in [0.2, 0.25) is 0 Å². The molecule has 1 aliphatic heterocycles. The molecule has 0 atom stereocenters. The fourth-order valence-corrected chi connectivity index (χ4v) is 2.87. The maximum atomic E-state index is 11.9. The van der Waals surface area contributed by atoms with E-state index in [0.29, 0.717) is 25.9 Å². The Kier molecular flexibility index (Phi) is 5.17. The molecule has 0 aromatic rings. The third-order valence-electron chi connectivity index (χ3n) is 2.78. The molecule has 0 radical (unpaired) electrons. The van der Waals surface area contributed by atoms with E-state index in [9.17, 15) is 13.2 Å². The number of aliphatic hydroxyl groups excluding tert-OH is 1. The third kappa shape index (κ3) is 5.33. The summed E-state index contributed by atoms with van der Waals surface area (Å²) >= 11 is 0. The van der Waals surface area contributed by atoms with Crippen LogP contribution in [0, 0.1) is 5.92 Å². The number of hydrogen-bond donors (Lipinski definition) is 2. The molecular weight excluding hydrogens is 272 g/mol. The van der Waals surface area contributed by atoms with E-state index in [1.165, 1.54) is 4.31 Å². The highest BCUT2D eigenvalue weighted by atomic mass is 32.2. The fourth-order valence-electron chi connectivity index (χ4n) is 1.80. The molecule has 0 saturated carbocycles. The van der Waals surface area contributed by atoms with Gasteiger partial charge in [0.15, 0.2) is 0 Å². The molecule has 112 valence electrons. The van der Waals surface area contributed by atoms with Crippen molar-refractivity contribution in [1.82, 2.24) is 9.03 Å². The number of aliphatic hydroxyl groups is 1. The number of ether oxygens (including phenoxy) is 1. The topological polar surface area (TPSA) is 95.9 Å². The quantitative estimate of drug-likeness (QED) is 0.788. The van der Waals surface area contributed by atoms with Crippen LogP contribution in [0.25, 0.3) is 0 Å². The first kappa shape index (κ1) is 16.2. The summed E-state index contributed by atoms with van der Waals surface area (Å²) in [6.45, 7) is 5.63. The SMILES string of the molecule is CC(C)(C)OC(=O)NS(=O)(=O)N1CCC(CO)CC1. The second kappa shape index (κ2) is 6.06. The highest BCUT2D eigenvalue weighted by Gasteiger charge is 2.30. The predicted molar refractivity (Wildman–Crippen MR) is 69.7 cm³/mol. The summed E-state index contributed by atoms with van der Waals surface area (Å²) in [5, 5.41) is 9.00. The molecule has 0 unspecified atom stereocenters. The van der Waals surface area contributed by atoms with E-state index in [1.807, 2.05) is 4.72 Å². The minimum absolute atomic E-state index is 0.0629. The maximum absolute atomic E-state index is 11.9. The van der Waals surface area contributed by atoms with E-state index in [1.54, 1.807) is 20.8 Å². The summed E-state index contributed by atoms with van der Waals surface area (Å²) in [7, 11) is -3.86. The zero-order chi connectivity index (χ0) is 14.7. The third-order valence-corrected chi connectivity index (χ3v) is 4.25. The zero-order valence-corrected chi connectivity index (χ0v) is 12.4. The number of carbonyl (C=O) groups is 1. The van der Waals surface area contributed by atoms with Gasteiger partial charge in [-0.05, 0) is 39.5 Å². The van der Waals surface area contributed by atoms with Gasteiger partial charge in [0.1, 0.15) is 5.60 Å². The lowest BCUT2D eigenvalue weighted by molar-refractivity contribution is 0.0565. The Morgan fingerprint density at radius 3 is 2.32 bits per heavy atom. The van der Waals surface area contributed by atoms with Crippen molar-refractivity contribution in [3.05, 3.63) is 0 Å². The van der Waals surface area contributed by atoms with Gasteiger partial charge in [-0.1, -0.05) is 0 Å². The number of nitrogens with one attached hydrogen (secondary N) is 1. The number of hydrogen-bond acceptors (Lipinski definition) is 5. The fraction of sp³-hybridized carbons (Fsp3) is 0.909. The van der Waals surface area contributed by atoms with E-state index in [-0.39, 0.29) is 12.5 Å². The molecule has 1 fully saturated rings. The molecule has 8 heteroatoms. The average Bonchev–Trinajstić information content (AvgIpc) is 2.25. The molecule has 2 N–H and O–H groups in total. The molecule has 1 rings (SSSR count). The Bertz CT molecular complexity index is 407. The monoisotopic (exact) mass is 294 g/mol. The van der Waals surface area contributed by atoms with Gasteiger partial charge < -0.3 is 9.84 Å². The average molecular weight is 294 g/mol. The van der Waals surface area contributed by atoms with Crippen LogP contribution < -0.4 is 4.72 Å². The van der Waals surface area contributed by atoms with Crippen LogP contribution in [0.5, 0.6) is 0 Å². The van der Waals surface area contributed by atoms with Gasteiger partial charge in [-0.3, -0.25) is 0 Å². The molecule has 1 heterocycles.